The fraction of sp³-hybridized carbons (Fsp3) is 0.188. The van der Waals surface area contributed by atoms with Crippen molar-refractivity contribution in [3.05, 3.63) is 65.7 Å². The molecule has 0 spiro atoms. The molecule has 0 fully saturated rings. The van der Waals surface area contributed by atoms with Crippen LogP contribution in [0.3, 0.4) is 0 Å². The average Bonchev–Trinajstić information content (AvgIpc) is 2.49. The Hall–Kier alpha value is -2.33. The maximum absolute atomic E-state index is 10.4. The molecule has 20 heavy (non-hydrogen) atoms. The summed E-state index contributed by atoms with van der Waals surface area (Å²) in [5, 5.41) is 22.8. The van der Waals surface area contributed by atoms with Crippen molar-refractivity contribution >= 4 is 11.4 Å². The van der Waals surface area contributed by atoms with Gasteiger partial charge in [0.1, 0.15) is 11.8 Å². The number of oxime groups is 1. The van der Waals surface area contributed by atoms with E-state index in [0.29, 0.717) is 11.1 Å². The number of benzene rings is 2. The highest BCUT2D eigenvalue weighted by Gasteiger charge is 2.17. The van der Waals surface area contributed by atoms with Gasteiger partial charge in [0, 0.05) is 25.3 Å². The Balaban J connectivity index is 2.28. The summed E-state index contributed by atoms with van der Waals surface area (Å²) in [5.74, 6) is 0. The van der Waals surface area contributed by atoms with Gasteiger partial charge in [0.05, 0.1) is 0 Å². The highest BCUT2D eigenvalue weighted by atomic mass is 16.4. The third kappa shape index (κ3) is 2.97. The number of hydrogen-bond donors (Lipinski definition) is 2. The largest absolute Gasteiger partial charge is 0.411 e. The molecule has 104 valence electrons. The van der Waals surface area contributed by atoms with Crippen LogP contribution in [0, 0.1) is 0 Å². The van der Waals surface area contributed by atoms with E-state index in [1.54, 1.807) is 12.1 Å². The smallest absolute Gasteiger partial charge is 0.125 e. The van der Waals surface area contributed by atoms with Crippen LogP contribution in [0.25, 0.3) is 0 Å². The van der Waals surface area contributed by atoms with Gasteiger partial charge in [0.2, 0.25) is 0 Å². The van der Waals surface area contributed by atoms with E-state index < -0.39 is 6.10 Å². The molecule has 0 heterocycles. The van der Waals surface area contributed by atoms with E-state index >= 15 is 0 Å². The Morgan fingerprint density at radius 3 is 2.10 bits per heavy atom. The third-order valence-electron chi connectivity index (χ3n) is 3.16. The van der Waals surface area contributed by atoms with Crippen LogP contribution in [0.15, 0.2) is 59.8 Å². The Morgan fingerprint density at radius 2 is 1.60 bits per heavy atom. The quantitative estimate of drug-likeness (QED) is 0.510. The molecule has 4 heteroatoms. The van der Waals surface area contributed by atoms with Gasteiger partial charge in [-0.15, -0.1) is 0 Å². The summed E-state index contributed by atoms with van der Waals surface area (Å²) in [6, 6.07) is 16.6. The fourth-order valence-electron chi connectivity index (χ4n) is 1.99. The normalized spacial score (nSPS) is 13.1. The number of aliphatic hydroxyl groups is 1. The lowest BCUT2D eigenvalue weighted by molar-refractivity contribution is 0.235. The van der Waals surface area contributed by atoms with E-state index in [1.165, 1.54) is 0 Å². The fourth-order valence-corrected chi connectivity index (χ4v) is 1.99. The Bertz CT molecular complexity index is 577. The standard InChI is InChI=1S/C16H18N2O2/c1-18(2)14-10-8-13(9-11-14)16(19)15(17-20)12-6-4-3-5-7-12/h3-11,16,19-20H,1-2H3. The molecule has 0 saturated heterocycles. The third-order valence-corrected chi connectivity index (χ3v) is 3.16. The molecule has 2 aromatic rings. The number of rotatable bonds is 4. The van der Waals surface area contributed by atoms with Crippen LogP contribution in [0.2, 0.25) is 0 Å². The molecule has 0 bridgehead atoms. The lowest BCUT2D eigenvalue weighted by atomic mass is 9.99. The van der Waals surface area contributed by atoms with E-state index in [9.17, 15) is 10.3 Å². The molecule has 0 aromatic heterocycles. The van der Waals surface area contributed by atoms with Crippen molar-refractivity contribution in [1.29, 1.82) is 0 Å². The topological polar surface area (TPSA) is 56.1 Å². The summed E-state index contributed by atoms with van der Waals surface area (Å²) in [7, 11) is 3.91. The van der Waals surface area contributed by atoms with Gasteiger partial charge in [-0.25, -0.2) is 0 Å². The molecule has 0 aliphatic rings. The second kappa shape index (κ2) is 6.21. The van der Waals surface area contributed by atoms with Crippen LogP contribution in [0.5, 0.6) is 0 Å². The van der Waals surface area contributed by atoms with Crippen molar-refractivity contribution in [1.82, 2.24) is 0 Å². The van der Waals surface area contributed by atoms with Crippen LogP contribution >= 0.6 is 0 Å². The molecule has 0 aliphatic carbocycles. The first-order valence-electron chi connectivity index (χ1n) is 6.36. The lowest BCUT2D eigenvalue weighted by Gasteiger charge is -2.16. The van der Waals surface area contributed by atoms with E-state index in [2.05, 4.69) is 5.16 Å². The van der Waals surface area contributed by atoms with Crippen LogP contribution in [-0.4, -0.2) is 30.1 Å². The summed E-state index contributed by atoms with van der Waals surface area (Å²) in [5.41, 5.74) is 2.66. The molecular weight excluding hydrogens is 252 g/mol. The molecule has 1 atom stereocenters. The first-order valence-corrected chi connectivity index (χ1v) is 6.36. The van der Waals surface area contributed by atoms with E-state index in [4.69, 9.17) is 0 Å². The molecule has 4 nitrogen and oxygen atoms in total. The zero-order valence-electron chi connectivity index (χ0n) is 11.6. The summed E-state index contributed by atoms with van der Waals surface area (Å²) < 4.78 is 0. The van der Waals surface area contributed by atoms with Gasteiger partial charge in [-0.3, -0.25) is 0 Å². The monoisotopic (exact) mass is 270 g/mol. The average molecular weight is 270 g/mol. The maximum Gasteiger partial charge on any atom is 0.125 e. The number of nitrogens with zero attached hydrogens (tertiary/aromatic N) is 2. The van der Waals surface area contributed by atoms with Crippen molar-refractivity contribution < 1.29 is 10.3 Å². The summed E-state index contributed by atoms with van der Waals surface area (Å²) >= 11 is 0. The van der Waals surface area contributed by atoms with Crippen LogP contribution in [-0.2, 0) is 0 Å². The predicted molar refractivity (Wildman–Crippen MR) is 80.5 cm³/mol. The SMILES string of the molecule is CN(C)c1ccc(C(O)C(=NO)c2ccccc2)cc1. The number of anilines is 1. The van der Waals surface area contributed by atoms with E-state index in [-0.39, 0.29) is 5.71 Å². The Labute approximate surface area is 118 Å². The molecule has 1 unspecified atom stereocenters. The van der Waals surface area contributed by atoms with Gasteiger partial charge < -0.3 is 15.2 Å². The summed E-state index contributed by atoms with van der Waals surface area (Å²) in [4.78, 5) is 1.98. The van der Waals surface area contributed by atoms with Crippen LogP contribution < -0.4 is 4.90 Å². The molecule has 2 aromatic carbocycles. The minimum atomic E-state index is -0.960. The van der Waals surface area contributed by atoms with Crippen molar-refractivity contribution in [2.24, 2.45) is 5.16 Å². The van der Waals surface area contributed by atoms with Crippen LogP contribution in [0.4, 0.5) is 5.69 Å². The van der Waals surface area contributed by atoms with Gasteiger partial charge >= 0.3 is 0 Å². The molecular formula is C16H18N2O2. The molecule has 2 N–H and O–H groups in total. The van der Waals surface area contributed by atoms with Crippen molar-refractivity contribution in [2.75, 3.05) is 19.0 Å². The minimum absolute atomic E-state index is 0.239. The van der Waals surface area contributed by atoms with Gasteiger partial charge in [-0.2, -0.15) is 0 Å². The zero-order chi connectivity index (χ0) is 14.5. The Kier molecular flexibility index (Phi) is 4.38. The van der Waals surface area contributed by atoms with Crippen LogP contribution in [0.1, 0.15) is 17.2 Å². The minimum Gasteiger partial charge on any atom is -0.411 e. The van der Waals surface area contributed by atoms with Gasteiger partial charge in [0.15, 0.2) is 0 Å². The first kappa shape index (κ1) is 14.1. The first-order chi connectivity index (χ1) is 9.63. The second-order valence-electron chi connectivity index (χ2n) is 4.74. The molecule has 0 radical (unpaired) electrons. The summed E-state index contributed by atoms with van der Waals surface area (Å²) in [6.45, 7) is 0. The van der Waals surface area contributed by atoms with Gasteiger partial charge in [-0.1, -0.05) is 47.6 Å². The highest BCUT2D eigenvalue weighted by molar-refractivity contribution is 6.03. The Morgan fingerprint density at radius 1 is 1.00 bits per heavy atom. The predicted octanol–water partition coefficient (Wildman–Crippen LogP) is 2.66. The van der Waals surface area contributed by atoms with Crippen molar-refractivity contribution in [2.45, 2.75) is 6.10 Å². The lowest BCUT2D eigenvalue weighted by Crippen LogP contribution is -2.14. The number of hydrogen-bond acceptors (Lipinski definition) is 4. The van der Waals surface area contributed by atoms with E-state index in [0.717, 1.165) is 5.69 Å². The summed E-state index contributed by atoms with van der Waals surface area (Å²) in [6.07, 6.45) is -0.960. The molecule has 0 saturated carbocycles. The van der Waals surface area contributed by atoms with Gasteiger partial charge in [0.25, 0.3) is 0 Å². The van der Waals surface area contributed by atoms with Crippen molar-refractivity contribution in [3.8, 4) is 0 Å². The van der Waals surface area contributed by atoms with E-state index in [1.807, 2.05) is 61.5 Å². The zero-order valence-corrected chi connectivity index (χ0v) is 11.6. The maximum atomic E-state index is 10.4. The van der Waals surface area contributed by atoms with Gasteiger partial charge in [-0.05, 0) is 17.7 Å². The second-order valence-corrected chi connectivity index (χ2v) is 4.74. The van der Waals surface area contributed by atoms with Crippen molar-refractivity contribution in [3.63, 3.8) is 0 Å². The molecule has 0 aliphatic heterocycles. The highest BCUT2D eigenvalue weighted by Crippen LogP contribution is 2.22. The number of aliphatic hydroxyl groups excluding tert-OH is 1. The molecule has 0 amide bonds. The molecule has 2 rings (SSSR count).